The number of carbonyl (C=O) groups is 1. The second-order valence-corrected chi connectivity index (χ2v) is 7.35. The summed E-state index contributed by atoms with van der Waals surface area (Å²) in [5, 5.41) is 5.20. The minimum absolute atomic E-state index is 0.0758. The number of benzene rings is 1. The maximum absolute atomic E-state index is 12.8. The second kappa shape index (κ2) is 6.71. The van der Waals surface area contributed by atoms with Crippen LogP contribution in [0.15, 0.2) is 30.3 Å². The summed E-state index contributed by atoms with van der Waals surface area (Å²) in [6, 6.07) is 9.39. The molecule has 6 heteroatoms. The van der Waals surface area contributed by atoms with Gasteiger partial charge in [-0.25, -0.2) is 0 Å². The van der Waals surface area contributed by atoms with Crippen molar-refractivity contribution < 1.29 is 9.53 Å². The Morgan fingerprint density at radius 2 is 1.84 bits per heavy atom. The van der Waals surface area contributed by atoms with E-state index < -0.39 is 0 Å². The van der Waals surface area contributed by atoms with E-state index in [2.05, 4.69) is 5.10 Å². The van der Waals surface area contributed by atoms with E-state index in [1.807, 2.05) is 42.3 Å². The van der Waals surface area contributed by atoms with Crippen LogP contribution in [0.3, 0.4) is 0 Å². The predicted molar refractivity (Wildman–Crippen MR) is 96.2 cm³/mol. The molecule has 1 saturated carbocycles. The normalized spacial score (nSPS) is 18.4. The number of aromatic nitrogens is 2. The van der Waals surface area contributed by atoms with E-state index in [4.69, 9.17) is 16.3 Å². The molecule has 2 aromatic rings. The van der Waals surface area contributed by atoms with Crippen molar-refractivity contribution >= 4 is 17.5 Å². The van der Waals surface area contributed by atoms with Gasteiger partial charge >= 0.3 is 0 Å². The first-order valence-electron chi connectivity index (χ1n) is 8.85. The average molecular weight is 360 g/mol. The summed E-state index contributed by atoms with van der Waals surface area (Å²) in [5.41, 5.74) is 1.76. The molecule has 5 nitrogen and oxygen atoms in total. The van der Waals surface area contributed by atoms with Crippen LogP contribution in [0.1, 0.15) is 47.8 Å². The molecular weight excluding hydrogens is 338 g/mol. The Hall–Kier alpha value is -2.01. The molecule has 0 unspecified atom stereocenters. The number of nitrogens with zero attached hydrogens (tertiary/aromatic N) is 3. The van der Waals surface area contributed by atoms with Crippen LogP contribution < -0.4 is 4.74 Å². The van der Waals surface area contributed by atoms with Crippen molar-refractivity contribution in [3.63, 3.8) is 0 Å². The minimum atomic E-state index is 0.0758. The predicted octanol–water partition coefficient (Wildman–Crippen LogP) is 3.63. The van der Waals surface area contributed by atoms with Crippen molar-refractivity contribution in [1.29, 1.82) is 0 Å². The van der Waals surface area contributed by atoms with Crippen LogP contribution in [0.2, 0.25) is 5.02 Å². The molecule has 1 aliphatic heterocycles. The van der Waals surface area contributed by atoms with E-state index in [9.17, 15) is 4.79 Å². The molecule has 0 N–H and O–H groups in total. The van der Waals surface area contributed by atoms with Gasteiger partial charge in [-0.05, 0) is 43.2 Å². The number of rotatable bonds is 4. The Bertz CT molecular complexity index is 759. The van der Waals surface area contributed by atoms with Gasteiger partial charge in [-0.15, -0.1) is 0 Å². The summed E-state index contributed by atoms with van der Waals surface area (Å²) in [6.07, 6.45) is 4.19. The molecule has 2 aliphatic rings. The van der Waals surface area contributed by atoms with Crippen molar-refractivity contribution in [2.24, 2.45) is 7.05 Å². The van der Waals surface area contributed by atoms with Gasteiger partial charge in [0.2, 0.25) is 0 Å². The fourth-order valence-electron chi connectivity index (χ4n) is 3.31. The number of piperidine rings is 1. The largest absolute Gasteiger partial charge is 0.490 e. The Balaban J connectivity index is 1.35. The minimum Gasteiger partial charge on any atom is -0.490 e. The molecule has 4 rings (SSSR count). The third-order valence-electron chi connectivity index (χ3n) is 4.96. The van der Waals surface area contributed by atoms with E-state index in [-0.39, 0.29) is 12.0 Å². The first-order valence-corrected chi connectivity index (χ1v) is 9.23. The van der Waals surface area contributed by atoms with Gasteiger partial charge in [-0.3, -0.25) is 9.48 Å². The number of aryl methyl sites for hydroxylation is 1. The lowest BCUT2D eigenvalue weighted by atomic mass is 10.1. The lowest BCUT2D eigenvalue weighted by Gasteiger charge is -2.32. The first-order chi connectivity index (χ1) is 12.1. The number of hydrogen-bond acceptors (Lipinski definition) is 3. The highest BCUT2D eigenvalue weighted by molar-refractivity contribution is 6.30. The van der Waals surface area contributed by atoms with E-state index in [1.54, 1.807) is 4.68 Å². The summed E-state index contributed by atoms with van der Waals surface area (Å²) in [6.45, 7) is 1.42. The molecular formula is C19H22ClN3O2. The smallest absolute Gasteiger partial charge is 0.272 e. The highest BCUT2D eigenvalue weighted by Gasteiger charge is 2.30. The SMILES string of the molecule is Cn1nc(C2CC2)cc1C(=O)N1CCC(Oc2ccc(Cl)cc2)CC1. The molecule has 2 fully saturated rings. The summed E-state index contributed by atoms with van der Waals surface area (Å²) in [4.78, 5) is 14.7. The summed E-state index contributed by atoms with van der Waals surface area (Å²) >= 11 is 5.90. The Morgan fingerprint density at radius 3 is 2.48 bits per heavy atom. The van der Waals surface area contributed by atoms with Gasteiger partial charge in [0.05, 0.1) is 5.69 Å². The third kappa shape index (κ3) is 3.66. The average Bonchev–Trinajstić information content (AvgIpc) is 3.40. The van der Waals surface area contributed by atoms with Gasteiger partial charge < -0.3 is 9.64 Å². The molecule has 1 aromatic carbocycles. The van der Waals surface area contributed by atoms with E-state index >= 15 is 0 Å². The van der Waals surface area contributed by atoms with Crippen molar-refractivity contribution in [1.82, 2.24) is 14.7 Å². The lowest BCUT2D eigenvalue weighted by molar-refractivity contribution is 0.0585. The fourth-order valence-corrected chi connectivity index (χ4v) is 3.44. The highest BCUT2D eigenvalue weighted by atomic mass is 35.5. The molecule has 2 heterocycles. The lowest BCUT2D eigenvalue weighted by Crippen LogP contribution is -2.42. The number of halogens is 1. The van der Waals surface area contributed by atoms with Crippen molar-refractivity contribution in [2.45, 2.75) is 37.7 Å². The molecule has 0 atom stereocenters. The Morgan fingerprint density at radius 1 is 1.16 bits per heavy atom. The highest BCUT2D eigenvalue weighted by Crippen LogP contribution is 2.39. The van der Waals surface area contributed by atoms with Gasteiger partial charge in [0.15, 0.2) is 0 Å². The Kier molecular flexibility index (Phi) is 4.42. The fraction of sp³-hybridized carbons (Fsp3) is 0.474. The first kappa shape index (κ1) is 16.5. The van der Waals surface area contributed by atoms with Gasteiger partial charge in [0.25, 0.3) is 5.91 Å². The Labute approximate surface area is 152 Å². The van der Waals surface area contributed by atoms with Gasteiger partial charge in [0.1, 0.15) is 17.5 Å². The maximum Gasteiger partial charge on any atom is 0.272 e. The molecule has 1 amide bonds. The number of amides is 1. The van der Waals surface area contributed by atoms with Crippen LogP contribution in [0, 0.1) is 0 Å². The zero-order valence-electron chi connectivity index (χ0n) is 14.3. The molecule has 0 bridgehead atoms. The van der Waals surface area contributed by atoms with E-state index in [0.717, 1.165) is 24.3 Å². The molecule has 0 radical (unpaired) electrons. The second-order valence-electron chi connectivity index (χ2n) is 6.92. The van der Waals surface area contributed by atoms with Gasteiger partial charge in [-0.1, -0.05) is 11.6 Å². The topological polar surface area (TPSA) is 47.4 Å². The third-order valence-corrected chi connectivity index (χ3v) is 5.21. The van der Waals surface area contributed by atoms with Crippen molar-refractivity contribution in [3.05, 3.63) is 46.7 Å². The van der Waals surface area contributed by atoms with Crippen LogP contribution in [0.5, 0.6) is 5.75 Å². The maximum atomic E-state index is 12.8. The molecule has 1 aromatic heterocycles. The summed E-state index contributed by atoms with van der Waals surface area (Å²) < 4.78 is 7.73. The molecule has 132 valence electrons. The molecule has 1 saturated heterocycles. The number of carbonyl (C=O) groups excluding carboxylic acids is 1. The van der Waals surface area contributed by atoms with E-state index in [0.29, 0.717) is 29.7 Å². The van der Waals surface area contributed by atoms with Gasteiger partial charge in [-0.2, -0.15) is 5.10 Å². The van der Waals surface area contributed by atoms with Crippen LogP contribution in [-0.4, -0.2) is 39.8 Å². The van der Waals surface area contributed by atoms with Crippen molar-refractivity contribution in [2.75, 3.05) is 13.1 Å². The van der Waals surface area contributed by atoms with Gasteiger partial charge in [0, 0.05) is 43.9 Å². The summed E-state index contributed by atoms with van der Waals surface area (Å²) in [5.74, 6) is 1.47. The molecule has 1 aliphatic carbocycles. The molecule has 0 spiro atoms. The monoisotopic (exact) mass is 359 g/mol. The zero-order valence-corrected chi connectivity index (χ0v) is 15.1. The van der Waals surface area contributed by atoms with Crippen molar-refractivity contribution in [3.8, 4) is 5.75 Å². The molecule has 25 heavy (non-hydrogen) atoms. The quantitative estimate of drug-likeness (QED) is 0.837. The number of likely N-dealkylation sites (tertiary alicyclic amines) is 1. The van der Waals surface area contributed by atoms with E-state index in [1.165, 1.54) is 12.8 Å². The number of hydrogen-bond donors (Lipinski definition) is 0. The van der Waals surface area contributed by atoms with Crippen LogP contribution in [0.25, 0.3) is 0 Å². The van der Waals surface area contributed by atoms with Crippen LogP contribution in [0.4, 0.5) is 0 Å². The van der Waals surface area contributed by atoms with Crippen LogP contribution >= 0.6 is 11.6 Å². The summed E-state index contributed by atoms with van der Waals surface area (Å²) in [7, 11) is 1.86. The van der Waals surface area contributed by atoms with Crippen LogP contribution in [-0.2, 0) is 7.05 Å². The zero-order chi connectivity index (χ0) is 17.4. The standard InChI is InChI=1S/C19H22ClN3O2/c1-22-18(12-17(21-22)13-2-3-13)19(24)23-10-8-16(9-11-23)25-15-6-4-14(20)5-7-15/h4-7,12-13,16H,2-3,8-11H2,1H3. The number of ether oxygens (including phenoxy) is 1.